The van der Waals surface area contributed by atoms with Gasteiger partial charge in [-0.15, -0.1) is 0 Å². The first-order valence-electron chi connectivity index (χ1n) is 6.71. The molecule has 0 unspecified atom stereocenters. The van der Waals surface area contributed by atoms with E-state index in [-0.39, 0.29) is 0 Å². The van der Waals surface area contributed by atoms with Crippen molar-refractivity contribution in [3.63, 3.8) is 0 Å². The Morgan fingerprint density at radius 2 is 2.00 bits per heavy atom. The monoisotopic (exact) mass is 270 g/mol. The lowest BCUT2D eigenvalue weighted by Crippen LogP contribution is -2.28. The summed E-state index contributed by atoms with van der Waals surface area (Å²) in [4.78, 5) is 2.32. The van der Waals surface area contributed by atoms with E-state index in [1.807, 2.05) is 13.3 Å². The van der Waals surface area contributed by atoms with Crippen molar-refractivity contribution in [1.29, 1.82) is 0 Å². The molecule has 0 bridgehead atoms. The molecule has 1 N–H and O–H groups in total. The molecule has 5 nitrogen and oxygen atoms in total. The summed E-state index contributed by atoms with van der Waals surface area (Å²) in [6.07, 6.45) is 2.83. The summed E-state index contributed by atoms with van der Waals surface area (Å²) in [5.41, 5.74) is 1.18. The lowest BCUT2D eigenvalue weighted by molar-refractivity contribution is 0.125. The number of methoxy groups -OCH3 is 2. The molecule has 0 amide bonds. The summed E-state index contributed by atoms with van der Waals surface area (Å²) >= 11 is 0. The van der Waals surface area contributed by atoms with Crippen molar-refractivity contribution in [3.8, 4) is 0 Å². The van der Waals surface area contributed by atoms with Crippen LogP contribution in [-0.2, 0) is 22.6 Å². The van der Waals surface area contributed by atoms with Gasteiger partial charge in [0.25, 0.3) is 0 Å². The fraction of sp³-hybridized carbons (Fsp3) is 0.714. The van der Waals surface area contributed by atoms with Crippen LogP contribution >= 0.6 is 0 Å². The lowest BCUT2D eigenvalue weighted by Gasteiger charge is -2.20. The third kappa shape index (κ3) is 6.73. The van der Waals surface area contributed by atoms with Gasteiger partial charge in [0.15, 0.2) is 0 Å². The summed E-state index contributed by atoms with van der Waals surface area (Å²) in [5, 5.41) is 3.12. The first-order chi connectivity index (χ1) is 9.30. The van der Waals surface area contributed by atoms with Crippen LogP contribution in [0.2, 0.25) is 0 Å². The van der Waals surface area contributed by atoms with Crippen LogP contribution in [0.5, 0.6) is 0 Å². The van der Waals surface area contributed by atoms with Gasteiger partial charge in [0, 0.05) is 46.0 Å². The molecule has 0 saturated heterocycles. The molecule has 0 aliphatic carbocycles. The molecule has 1 rings (SSSR count). The fourth-order valence-corrected chi connectivity index (χ4v) is 1.95. The van der Waals surface area contributed by atoms with E-state index in [0.29, 0.717) is 0 Å². The highest BCUT2D eigenvalue weighted by Crippen LogP contribution is 2.11. The average molecular weight is 270 g/mol. The Bertz CT molecular complexity index is 328. The van der Waals surface area contributed by atoms with E-state index in [0.717, 1.165) is 51.6 Å². The second-order valence-electron chi connectivity index (χ2n) is 4.57. The lowest BCUT2D eigenvalue weighted by atomic mass is 10.3. The van der Waals surface area contributed by atoms with Crippen LogP contribution in [0.1, 0.15) is 17.7 Å². The predicted molar refractivity (Wildman–Crippen MR) is 75.1 cm³/mol. The van der Waals surface area contributed by atoms with Crippen LogP contribution in [0.15, 0.2) is 16.7 Å². The van der Waals surface area contributed by atoms with E-state index in [1.165, 1.54) is 5.56 Å². The molecule has 0 spiro atoms. The largest absolute Gasteiger partial charge is 0.468 e. The summed E-state index contributed by atoms with van der Waals surface area (Å²) in [7, 11) is 5.39. The van der Waals surface area contributed by atoms with Crippen LogP contribution in [0.3, 0.4) is 0 Å². The number of rotatable bonds is 11. The maximum Gasteiger partial charge on any atom is 0.118 e. The van der Waals surface area contributed by atoms with Gasteiger partial charge in [0.2, 0.25) is 0 Å². The highest BCUT2D eigenvalue weighted by molar-refractivity contribution is 5.12. The number of nitrogens with zero attached hydrogens (tertiary/aromatic N) is 1. The number of hydrogen-bond acceptors (Lipinski definition) is 5. The van der Waals surface area contributed by atoms with Gasteiger partial charge in [-0.2, -0.15) is 0 Å². The van der Waals surface area contributed by atoms with Crippen molar-refractivity contribution >= 4 is 0 Å². The molecule has 0 radical (unpaired) electrons. The first kappa shape index (κ1) is 16.2. The van der Waals surface area contributed by atoms with Gasteiger partial charge < -0.3 is 19.2 Å². The van der Waals surface area contributed by atoms with Crippen molar-refractivity contribution in [1.82, 2.24) is 10.2 Å². The van der Waals surface area contributed by atoms with E-state index in [4.69, 9.17) is 13.9 Å². The average Bonchev–Trinajstić information content (AvgIpc) is 2.84. The van der Waals surface area contributed by atoms with Gasteiger partial charge >= 0.3 is 0 Å². The standard InChI is InChI=1S/C14H26N2O3/c1-15-10-13-9-14(19-12-13)11-16(6-8-18-3)5-4-7-17-2/h9,12,15H,4-8,10-11H2,1-3H3. The molecule has 1 aromatic rings. The Balaban J connectivity index is 2.43. The topological polar surface area (TPSA) is 46.9 Å². The summed E-state index contributed by atoms with van der Waals surface area (Å²) in [5.74, 6) is 0.999. The second-order valence-corrected chi connectivity index (χ2v) is 4.57. The molecule has 0 saturated carbocycles. The van der Waals surface area contributed by atoms with Crippen LogP contribution < -0.4 is 5.32 Å². The van der Waals surface area contributed by atoms with Crippen molar-refractivity contribution in [2.45, 2.75) is 19.5 Å². The SMILES string of the molecule is CNCc1coc(CN(CCCOC)CCOC)c1. The fourth-order valence-electron chi connectivity index (χ4n) is 1.95. The Kier molecular flexibility index (Phi) is 8.49. The third-order valence-electron chi connectivity index (χ3n) is 2.90. The zero-order valence-corrected chi connectivity index (χ0v) is 12.3. The van der Waals surface area contributed by atoms with Crippen molar-refractivity contribution in [2.75, 3.05) is 47.6 Å². The minimum atomic E-state index is 0.733. The van der Waals surface area contributed by atoms with Gasteiger partial charge in [-0.25, -0.2) is 0 Å². The quantitative estimate of drug-likeness (QED) is 0.617. The molecule has 0 fully saturated rings. The first-order valence-corrected chi connectivity index (χ1v) is 6.71. The van der Waals surface area contributed by atoms with E-state index in [2.05, 4.69) is 16.3 Å². The number of nitrogens with one attached hydrogen (secondary N) is 1. The minimum Gasteiger partial charge on any atom is -0.468 e. The maximum atomic E-state index is 5.58. The zero-order valence-electron chi connectivity index (χ0n) is 12.3. The molecule has 19 heavy (non-hydrogen) atoms. The van der Waals surface area contributed by atoms with Crippen molar-refractivity contribution in [2.24, 2.45) is 0 Å². The predicted octanol–water partition coefficient (Wildman–Crippen LogP) is 1.48. The van der Waals surface area contributed by atoms with E-state index in [9.17, 15) is 0 Å². The maximum absolute atomic E-state index is 5.58. The molecular formula is C14H26N2O3. The van der Waals surface area contributed by atoms with Crippen LogP contribution in [-0.4, -0.2) is 52.5 Å². The van der Waals surface area contributed by atoms with E-state index in [1.54, 1.807) is 14.2 Å². The summed E-state index contributed by atoms with van der Waals surface area (Å²) in [6.45, 7) is 5.06. The summed E-state index contributed by atoms with van der Waals surface area (Å²) in [6, 6.07) is 2.10. The molecular weight excluding hydrogens is 244 g/mol. The smallest absolute Gasteiger partial charge is 0.118 e. The molecule has 0 atom stereocenters. The molecule has 0 aliphatic rings. The van der Waals surface area contributed by atoms with Gasteiger partial charge in [0.1, 0.15) is 5.76 Å². The Morgan fingerprint density at radius 1 is 1.21 bits per heavy atom. The Hall–Kier alpha value is -0.880. The van der Waals surface area contributed by atoms with Crippen LogP contribution in [0.4, 0.5) is 0 Å². The number of ether oxygens (including phenoxy) is 2. The number of furan rings is 1. The summed E-state index contributed by atoms with van der Waals surface area (Å²) < 4.78 is 15.8. The van der Waals surface area contributed by atoms with E-state index < -0.39 is 0 Å². The zero-order chi connectivity index (χ0) is 13.9. The molecule has 0 aromatic carbocycles. The minimum absolute atomic E-state index is 0.733. The van der Waals surface area contributed by atoms with Crippen molar-refractivity contribution in [3.05, 3.63) is 23.7 Å². The Labute approximate surface area is 115 Å². The Morgan fingerprint density at radius 3 is 2.68 bits per heavy atom. The van der Waals surface area contributed by atoms with Gasteiger partial charge in [-0.3, -0.25) is 4.90 Å². The highest BCUT2D eigenvalue weighted by Gasteiger charge is 2.09. The van der Waals surface area contributed by atoms with Gasteiger partial charge in [0.05, 0.1) is 19.4 Å². The molecule has 1 aromatic heterocycles. The molecule has 1 heterocycles. The third-order valence-corrected chi connectivity index (χ3v) is 2.90. The van der Waals surface area contributed by atoms with Gasteiger partial charge in [-0.05, 0) is 19.5 Å². The molecule has 5 heteroatoms. The second kappa shape index (κ2) is 9.97. The van der Waals surface area contributed by atoms with Crippen molar-refractivity contribution < 1.29 is 13.9 Å². The van der Waals surface area contributed by atoms with Crippen LogP contribution in [0, 0.1) is 0 Å². The van der Waals surface area contributed by atoms with Gasteiger partial charge in [-0.1, -0.05) is 0 Å². The van der Waals surface area contributed by atoms with E-state index >= 15 is 0 Å². The number of hydrogen-bond donors (Lipinski definition) is 1. The highest BCUT2D eigenvalue weighted by atomic mass is 16.5. The normalized spacial score (nSPS) is 11.4. The molecule has 110 valence electrons. The van der Waals surface area contributed by atoms with Crippen LogP contribution in [0.25, 0.3) is 0 Å². The molecule has 0 aliphatic heterocycles.